The van der Waals surface area contributed by atoms with Crippen LogP contribution in [-0.4, -0.2) is 29.0 Å². The van der Waals surface area contributed by atoms with E-state index < -0.39 is 0 Å². The van der Waals surface area contributed by atoms with Crippen molar-refractivity contribution >= 4 is 23.3 Å². The zero-order valence-corrected chi connectivity index (χ0v) is 14.3. The van der Waals surface area contributed by atoms with E-state index in [2.05, 4.69) is 20.3 Å². The smallest absolute Gasteiger partial charge is 0.238 e. The van der Waals surface area contributed by atoms with Gasteiger partial charge in [0.2, 0.25) is 5.91 Å². The molecule has 1 saturated heterocycles. The van der Waals surface area contributed by atoms with Crippen LogP contribution < -0.4 is 16.2 Å². The van der Waals surface area contributed by atoms with E-state index in [0.717, 1.165) is 36.5 Å². The second kappa shape index (κ2) is 7.15. The zero-order valence-electron chi connectivity index (χ0n) is 13.5. The van der Waals surface area contributed by atoms with E-state index >= 15 is 0 Å². The molecule has 6 nitrogen and oxygen atoms in total. The molecule has 0 aliphatic carbocycles. The number of halogens is 1. The number of aryl methyl sites for hydroxylation is 1. The highest BCUT2D eigenvalue weighted by Crippen LogP contribution is 2.25. The van der Waals surface area contributed by atoms with Crippen LogP contribution in [0.4, 0.5) is 5.82 Å². The summed E-state index contributed by atoms with van der Waals surface area (Å²) in [7, 11) is 0. The molecule has 2 heterocycles. The molecule has 1 amide bonds. The number of nitrogens with one attached hydrogen (secondary N) is 1. The lowest BCUT2D eigenvalue weighted by molar-refractivity contribution is -0.125. The number of benzene rings is 1. The molecule has 0 unspecified atom stereocenters. The highest BCUT2D eigenvalue weighted by molar-refractivity contribution is 6.30. The van der Waals surface area contributed by atoms with Gasteiger partial charge in [-0.1, -0.05) is 11.6 Å². The van der Waals surface area contributed by atoms with E-state index in [9.17, 15) is 4.79 Å². The van der Waals surface area contributed by atoms with Crippen LogP contribution in [0.1, 0.15) is 18.5 Å². The lowest BCUT2D eigenvalue weighted by Gasteiger charge is -2.32. The summed E-state index contributed by atoms with van der Waals surface area (Å²) in [5.74, 6) is 6.53. The second-order valence-corrected chi connectivity index (χ2v) is 6.43. The van der Waals surface area contributed by atoms with E-state index in [1.807, 2.05) is 37.3 Å². The number of nitrogens with two attached hydrogens (primary N) is 1. The Morgan fingerprint density at radius 2 is 2.08 bits per heavy atom. The van der Waals surface area contributed by atoms with E-state index in [1.54, 1.807) is 0 Å². The monoisotopic (exact) mass is 345 g/mol. The Morgan fingerprint density at radius 3 is 2.79 bits per heavy atom. The van der Waals surface area contributed by atoms with Crippen molar-refractivity contribution < 1.29 is 4.79 Å². The Kier molecular flexibility index (Phi) is 4.97. The quantitative estimate of drug-likeness (QED) is 0.506. The summed E-state index contributed by atoms with van der Waals surface area (Å²) in [6.07, 6.45) is 1.77. The van der Waals surface area contributed by atoms with Gasteiger partial charge in [0.15, 0.2) is 5.82 Å². The van der Waals surface area contributed by atoms with Crippen molar-refractivity contribution in [3.05, 3.63) is 41.0 Å². The highest BCUT2D eigenvalue weighted by atomic mass is 35.5. The Morgan fingerprint density at radius 1 is 1.33 bits per heavy atom. The fraction of sp³-hybridized carbons (Fsp3) is 0.353. The molecule has 7 heteroatoms. The van der Waals surface area contributed by atoms with Gasteiger partial charge in [-0.3, -0.25) is 10.2 Å². The first-order valence-corrected chi connectivity index (χ1v) is 8.31. The summed E-state index contributed by atoms with van der Waals surface area (Å²) in [4.78, 5) is 23.1. The predicted octanol–water partition coefficient (Wildman–Crippen LogP) is 2.31. The molecule has 1 aliphatic heterocycles. The maximum absolute atomic E-state index is 11.8. The van der Waals surface area contributed by atoms with Crippen molar-refractivity contribution in [3.8, 4) is 11.4 Å². The van der Waals surface area contributed by atoms with Gasteiger partial charge >= 0.3 is 0 Å². The molecule has 0 spiro atoms. The van der Waals surface area contributed by atoms with Gasteiger partial charge in [-0.05, 0) is 44.0 Å². The van der Waals surface area contributed by atoms with Gasteiger partial charge in [0.05, 0.1) is 5.92 Å². The third-order valence-corrected chi connectivity index (χ3v) is 4.45. The predicted molar refractivity (Wildman–Crippen MR) is 94.5 cm³/mol. The number of carbonyl (C=O) groups excluding carboxylic acids is 1. The van der Waals surface area contributed by atoms with E-state index in [0.29, 0.717) is 17.4 Å². The number of hydrazine groups is 1. The van der Waals surface area contributed by atoms with Crippen molar-refractivity contribution in [1.82, 2.24) is 15.4 Å². The van der Waals surface area contributed by atoms with Crippen LogP contribution in [0.25, 0.3) is 11.4 Å². The maximum atomic E-state index is 11.8. The lowest BCUT2D eigenvalue weighted by atomic mass is 9.97. The summed E-state index contributed by atoms with van der Waals surface area (Å²) in [6, 6.07) is 9.40. The zero-order chi connectivity index (χ0) is 17.1. The summed E-state index contributed by atoms with van der Waals surface area (Å²) < 4.78 is 0. The molecule has 0 saturated carbocycles. The molecular formula is C17H20ClN5O. The number of carbonyl (C=O) groups is 1. The van der Waals surface area contributed by atoms with Crippen molar-refractivity contribution in [3.63, 3.8) is 0 Å². The number of rotatable bonds is 3. The number of hydrogen-bond acceptors (Lipinski definition) is 5. The minimum atomic E-state index is -0.122. The van der Waals surface area contributed by atoms with E-state index in [4.69, 9.17) is 17.4 Å². The number of nitrogens with zero attached hydrogens (tertiary/aromatic N) is 3. The Labute approximate surface area is 146 Å². The van der Waals surface area contributed by atoms with Gasteiger partial charge in [0.1, 0.15) is 5.82 Å². The summed E-state index contributed by atoms with van der Waals surface area (Å²) in [5, 5.41) is 0.679. The Hall–Kier alpha value is -2.18. The van der Waals surface area contributed by atoms with Crippen molar-refractivity contribution in [2.45, 2.75) is 19.8 Å². The van der Waals surface area contributed by atoms with Gasteiger partial charge < -0.3 is 4.90 Å². The number of aromatic nitrogens is 2. The highest BCUT2D eigenvalue weighted by Gasteiger charge is 2.26. The van der Waals surface area contributed by atoms with Crippen LogP contribution in [0.2, 0.25) is 5.02 Å². The van der Waals surface area contributed by atoms with Gasteiger partial charge in [-0.2, -0.15) is 0 Å². The minimum Gasteiger partial charge on any atom is -0.356 e. The van der Waals surface area contributed by atoms with Crippen LogP contribution in [0, 0.1) is 12.8 Å². The first-order valence-electron chi connectivity index (χ1n) is 7.94. The molecule has 2 aromatic rings. The van der Waals surface area contributed by atoms with Gasteiger partial charge in [-0.15, -0.1) is 0 Å². The van der Waals surface area contributed by atoms with E-state index in [1.165, 1.54) is 0 Å². The maximum Gasteiger partial charge on any atom is 0.238 e. The van der Waals surface area contributed by atoms with Gasteiger partial charge in [0.25, 0.3) is 0 Å². The van der Waals surface area contributed by atoms with Crippen molar-refractivity contribution in [1.29, 1.82) is 0 Å². The first-order chi connectivity index (χ1) is 11.6. The number of hydrogen-bond donors (Lipinski definition) is 2. The first kappa shape index (κ1) is 16.7. The lowest BCUT2D eigenvalue weighted by Crippen LogP contribution is -2.45. The van der Waals surface area contributed by atoms with Crippen LogP contribution >= 0.6 is 11.6 Å². The molecular weight excluding hydrogens is 326 g/mol. The molecule has 0 bridgehead atoms. The molecule has 3 rings (SSSR count). The largest absolute Gasteiger partial charge is 0.356 e. The molecule has 3 N–H and O–H groups in total. The fourth-order valence-corrected chi connectivity index (χ4v) is 3.09. The van der Waals surface area contributed by atoms with E-state index in [-0.39, 0.29) is 11.8 Å². The Bertz CT molecular complexity index is 734. The number of piperidine rings is 1. The minimum absolute atomic E-state index is 0.113. The SMILES string of the molecule is Cc1cc(N2CCC[C@@H](C(=O)NN)C2)nc(-c2ccc(Cl)cc2)n1. The van der Waals surface area contributed by atoms with Crippen molar-refractivity contribution in [2.75, 3.05) is 18.0 Å². The molecule has 0 radical (unpaired) electrons. The summed E-state index contributed by atoms with van der Waals surface area (Å²) in [5.41, 5.74) is 4.05. The number of anilines is 1. The molecule has 1 fully saturated rings. The molecule has 24 heavy (non-hydrogen) atoms. The summed E-state index contributed by atoms with van der Waals surface area (Å²) >= 11 is 5.95. The molecule has 1 atom stereocenters. The van der Waals surface area contributed by atoms with Gasteiger partial charge in [-0.25, -0.2) is 15.8 Å². The second-order valence-electron chi connectivity index (χ2n) is 5.99. The Balaban J connectivity index is 1.88. The molecule has 126 valence electrons. The van der Waals surface area contributed by atoms with Crippen LogP contribution in [-0.2, 0) is 4.79 Å². The molecule has 1 aliphatic rings. The third kappa shape index (κ3) is 3.66. The summed E-state index contributed by atoms with van der Waals surface area (Å²) in [6.45, 7) is 3.42. The van der Waals surface area contributed by atoms with Crippen LogP contribution in [0.15, 0.2) is 30.3 Å². The average Bonchev–Trinajstić information content (AvgIpc) is 2.61. The van der Waals surface area contributed by atoms with Crippen molar-refractivity contribution in [2.24, 2.45) is 11.8 Å². The molecule has 1 aromatic heterocycles. The van der Waals surface area contributed by atoms with Crippen LogP contribution in [0.5, 0.6) is 0 Å². The standard InChI is InChI=1S/C17H20ClN5O/c1-11-9-15(23-8-2-3-13(10-23)17(24)22-19)21-16(20-11)12-4-6-14(18)7-5-12/h4-7,9,13H,2-3,8,10,19H2,1H3,(H,22,24)/t13-/m1/s1. The normalized spacial score (nSPS) is 17.6. The molecule has 1 aromatic carbocycles. The number of amides is 1. The average molecular weight is 346 g/mol. The topological polar surface area (TPSA) is 84.1 Å². The van der Waals surface area contributed by atoms with Gasteiger partial charge in [0, 0.05) is 35.4 Å². The van der Waals surface area contributed by atoms with Crippen LogP contribution in [0.3, 0.4) is 0 Å². The third-order valence-electron chi connectivity index (χ3n) is 4.20. The fourth-order valence-electron chi connectivity index (χ4n) is 2.96.